The van der Waals surface area contributed by atoms with Crippen LogP contribution in [0.4, 0.5) is 4.39 Å². The predicted molar refractivity (Wildman–Crippen MR) is 98.6 cm³/mol. The lowest BCUT2D eigenvalue weighted by atomic mass is 10.2. The molecule has 0 atom stereocenters. The first kappa shape index (κ1) is 18.2. The van der Waals surface area contributed by atoms with Crippen LogP contribution in [0.15, 0.2) is 53.1 Å². The molecule has 0 N–H and O–H groups in total. The molecule has 1 saturated carbocycles. The lowest BCUT2D eigenvalue weighted by Gasteiger charge is -2.22. The number of amides is 1. The largest absolute Gasteiger partial charge is 0.455 e. The summed E-state index contributed by atoms with van der Waals surface area (Å²) in [5.41, 5.74) is 1.51. The fourth-order valence-corrected chi connectivity index (χ4v) is 3.10. The standard InChI is InChI=1S/C21H19FN2O4/c22-17-7-3-1-5-14(17)12-24(15-9-10-15)20(25)13-27-21(26)11-18-16-6-2-4-8-19(16)28-23-18/h1-8,15H,9-13H2. The molecular weight excluding hydrogens is 363 g/mol. The van der Waals surface area contributed by atoms with E-state index in [1.54, 1.807) is 29.2 Å². The fourth-order valence-electron chi connectivity index (χ4n) is 3.10. The van der Waals surface area contributed by atoms with Gasteiger partial charge in [-0.05, 0) is 31.0 Å². The number of aromatic nitrogens is 1. The second-order valence-corrected chi connectivity index (χ2v) is 6.81. The van der Waals surface area contributed by atoms with Crippen LogP contribution in [-0.2, 0) is 27.3 Å². The van der Waals surface area contributed by atoms with Gasteiger partial charge in [0.1, 0.15) is 11.5 Å². The number of hydrogen-bond acceptors (Lipinski definition) is 5. The Kier molecular flexibility index (Phi) is 5.06. The van der Waals surface area contributed by atoms with Crippen LogP contribution < -0.4 is 0 Å². The molecule has 1 aromatic heterocycles. The van der Waals surface area contributed by atoms with Gasteiger partial charge in [0.2, 0.25) is 0 Å². The molecule has 0 unspecified atom stereocenters. The van der Waals surface area contributed by atoms with Crippen LogP contribution in [0, 0.1) is 5.82 Å². The van der Waals surface area contributed by atoms with Crippen LogP contribution in [0.1, 0.15) is 24.1 Å². The average Bonchev–Trinajstić information content (AvgIpc) is 3.47. The molecule has 1 aliphatic carbocycles. The van der Waals surface area contributed by atoms with E-state index in [1.807, 2.05) is 18.2 Å². The van der Waals surface area contributed by atoms with E-state index in [2.05, 4.69) is 5.16 Å². The van der Waals surface area contributed by atoms with Gasteiger partial charge in [-0.3, -0.25) is 9.59 Å². The molecule has 0 saturated heterocycles. The van der Waals surface area contributed by atoms with Crippen molar-refractivity contribution in [1.82, 2.24) is 10.1 Å². The molecule has 6 nitrogen and oxygen atoms in total. The van der Waals surface area contributed by atoms with Gasteiger partial charge in [-0.15, -0.1) is 0 Å². The number of carbonyl (C=O) groups excluding carboxylic acids is 2. The first-order valence-electron chi connectivity index (χ1n) is 9.13. The predicted octanol–water partition coefficient (Wildman–Crippen LogP) is 3.24. The Labute approximate surface area is 160 Å². The summed E-state index contributed by atoms with van der Waals surface area (Å²) in [5.74, 6) is -1.24. The summed E-state index contributed by atoms with van der Waals surface area (Å²) in [6.07, 6.45) is 1.67. The van der Waals surface area contributed by atoms with E-state index in [1.165, 1.54) is 6.07 Å². The van der Waals surface area contributed by atoms with Crippen molar-refractivity contribution in [3.8, 4) is 0 Å². The maximum Gasteiger partial charge on any atom is 0.312 e. The number of hydrogen-bond donors (Lipinski definition) is 0. The average molecular weight is 382 g/mol. The SMILES string of the molecule is O=C(Cc1noc2ccccc12)OCC(=O)N(Cc1ccccc1F)C1CC1. The van der Waals surface area contributed by atoms with Crippen molar-refractivity contribution < 1.29 is 23.2 Å². The molecule has 2 aromatic carbocycles. The van der Waals surface area contributed by atoms with E-state index in [-0.39, 0.29) is 37.3 Å². The number of halogens is 1. The fraction of sp³-hybridized carbons (Fsp3) is 0.286. The number of rotatable bonds is 7. The van der Waals surface area contributed by atoms with Gasteiger partial charge >= 0.3 is 5.97 Å². The molecule has 1 fully saturated rings. The Morgan fingerprint density at radius 1 is 1.14 bits per heavy atom. The van der Waals surface area contributed by atoms with Crippen molar-refractivity contribution in [2.45, 2.75) is 31.8 Å². The van der Waals surface area contributed by atoms with Gasteiger partial charge in [-0.25, -0.2) is 4.39 Å². The molecule has 1 amide bonds. The normalized spacial score (nSPS) is 13.5. The molecule has 0 radical (unpaired) electrons. The Morgan fingerprint density at radius 3 is 2.68 bits per heavy atom. The molecule has 1 aliphatic rings. The van der Waals surface area contributed by atoms with Crippen molar-refractivity contribution >= 4 is 22.8 Å². The Balaban J connectivity index is 1.35. The quantitative estimate of drug-likeness (QED) is 0.587. The van der Waals surface area contributed by atoms with Crippen LogP contribution in [0.5, 0.6) is 0 Å². The van der Waals surface area contributed by atoms with Crippen molar-refractivity contribution in [3.63, 3.8) is 0 Å². The summed E-state index contributed by atoms with van der Waals surface area (Å²) in [7, 11) is 0. The van der Waals surface area contributed by atoms with E-state index in [0.717, 1.165) is 18.2 Å². The van der Waals surface area contributed by atoms with Crippen molar-refractivity contribution in [2.75, 3.05) is 6.61 Å². The molecule has 144 valence electrons. The zero-order valence-corrected chi connectivity index (χ0v) is 15.1. The zero-order valence-electron chi connectivity index (χ0n) is 15.1. The molecule has 0 bridgehead atoms. The Bertz CT molecular complexity index is 1010. The molecule has 0 aliphatic heterocycles. The zero-order chi connectivity index (χ0) is 19.5. The van der Waals surface area contributed by atoms with Crippen LogP contribution >= 0.6 is 0 Å². The highest BCUT2D eigenvalue weighted by Crippen LogP contribution is 2.29. The van der Waals surface area contributed by atoms with Crippen LogP contribution in [0.2, 0.25) is 0 Å². The van der Waals surface area contributed by atoms with Gasteiger partial charge in [0.15, 0.2) is 12.2 Å². The summed E-state index contributed by atoms with van der Waals surface area (Å²) in [4.78, 5) is 26.3. The van der Waals surface area contributed by atoms with E-state index in [0.29, 0.717) is 16.8 Å². The van der Waals surface area contributed by atoms with Gasteiger partial charge < -0.3 is 14.2 Å². The Hall–Kier alpha value is -3.22. The van der Waals surface area contributed by atoms with Gasteiger partial charge in [-0.2, -0.15) is 0 Å². The first-order valence-corrected chi connectivity index (χ1v) is 9.13. The maximum absolute atomic E-state index is 13.9. The third-order valence-electron chi connectivity index (χ3n) is 4.73. The number of fused-ring (bicyclic) bond motifs is 1. The van der Waals surface area contributed by atoms with Crippen molar-refractivity contribution in [3.05, 3.63) is 65.6 Å². The van der Waals surface area contributed by atoms with Crippen molar-refractivity contribution in [1.29, 1.82) is 0 Å². The third kappa shape index (κ3) is 4.03. The molecule has 1 heterocycles. The Morgan fingerprint density at radius 2 is 1.89 bits per heavy atom. The monoisotopic (exact) mass is 382 g/mol. The first-order chi connectivity index (χ1) is 13.6. The number of carbonyl (C=O) groups is 2. The summed E-state index contributed by atoms with van der Waals surface area (Å²) in [5, 5.41) is 4.63. The second kappa shape index (κ2) is 7.80. The number of nitrogens with zero attached hydrogens (tertiary/aromatic N) is 2. The third-order valence-corrected chi connectivity index (χ3v) is 4.73. The van der Waals surface area contributed by atoms with E-state index >= 15 is 0 Å². The van der Waals surface area contributed by atoms with Crippen LogP contribution in [-0.4, -0.2) is 34.6 Å². The van der Waals surface area contributed by atoms with Crippen molar-refractivity contribution in [2.24, 2.45) is 0 Å². The molecule has 4 rings (SSSR count). The summed E-state index contributed by atoms with van der Waals surface area (Å²) in [6.45, 7) is -0.207. The number of esters is 1. The molecule has 7 heteroatoms. The van der Waals surface area contributed by atoms with E-state index in [4.69, 9.17) is 9.26 Å². The summed E-state index contributed by atoms with van der Waals surface area (Å²) < 4.78 is 24.2. The minimum atomic E-state index is -0.561. The van der Waals surface area contributed by atoms with E-state index < -0.39 is 5.97 Å². The number of benzene rings is 2. The molecule has 3 aromatic rings. The highest BCUT2D eigenvalue weighted by Gasteiger charge is 2.33. The lowest BCUT2D eigenvalue weighted by Crippen LogP contribution is -2.36. The summed E-state index contributed by atoms with van der Waals surface area (Å²) in [6, 6.07) is 13.6. The second-order valence-electron chi connectivity index (χ2n) is 6.81. The number of ether oxygens (including phenoxy) is 1. The van der Waals surface area contributed by atoms with Gasteiger partial charge in [0.05, 0.1) is 6.42 Å². The van der Waals surface area contributed by atoms with Crippen LogP contribution in [0.25, 0.3) is 11.0 Å². The highest BCUT2D eigenvalue weighted by atomic mass is 19.1. The lowest BCUT2D eigenvalue weighted by molar-refractivity contribution is -0.152. The molecule has 0 spiro atoms. The van der Waals surface area contributed by atoms with Gasteiger partial charge in [0.25, 0.3) is 5.91 Å². The van der Waals surface area contributed by atoms with Gasteiger partial charge in [-0.1, -0.05) is 35.5 Å². The minimum Gasteiger partial charge on any atom is -0.455 e. The van der Waals surface area contributed by atoms with Crippen LogP contribution in [0.3, 0.4) is 0 Å². The summed E-state index contributed by atoms with van der Waals surface area (Å²) >= 11 is 0. The smallest absolute Gasteiger partial charge is 0.312 e. The topological polar surface area (TPSA) is 72.6 Å². The molecular formula is C21H19FN2O4. The number of para-hydroxylation sites is 1. The van der Waals surface area contributed by atoms with Gasteiger partial charge in [0, 0.05) is 23.5 Å². The highest BCUT2D eigenvalue weighted by molar-refractivity contribution is 5.85. The minimum absolute atomic E-state index is 0.0743. The molecule has 28 heavy (non-hydrogen) atoms. The van der Waals surface area contributed by atoms with E-state index in [9.17, 15) is 14.0 Å². The maximum atomic E-state index is 13.9.